The molecule has 0 radical (unpaired) electrons. The largest absolute Gasteiger partial charge is 0.315 e. The molecule has 1 rings (SSSR count). The van der Waals surface area contributed by atoms with E-state index in [2.05, 4.69) is 30.1 Å². The van der Waals surface area contributed by atoms with Crippen LogP contribution in [0, 0.1) is 17.2 Å². The monoisotopic (exact) mass is 251 g/mol. The normalized spacial score (nSPS) is 21.1. The zero-order chi connectivity index (χ0) is 13.2. The number of nitrogens with one attached hydrogen (secondary N) is 1. The molecule has 1 aliphatic rings. The molecular formula is C15H29N3. The maximum Gasteiger partial charge on any atom is 0.0621 e. The van der Waals surface area contributed by atoms with Gasteiger partial charge >= 0.3 is 0 Å². The minimum Gasteiger partial charge on any atom is -0.315 e. The first-order valence-electron chi connectivity index (χ1n) is 7.55. The third-order valence-corrected chi connectivity index (χ3v) is 3.67. The quantitative estimate of drug-likeness (QED) is 0.674. The predicted octanol–water partition coefficient (Wildman–Crippen LogP) is 2.78. The van der Waals surface area contributed by atoms with Gasteiger partial charge in [0.2, 0.25) is 0 Å². The van der Waals surface area contributed by atoms with E-state index in [9.17, 15) is 0 Å². The smallest absolute Gasteiger partial charge is 0.0621 e. The number of unbranched alkanes of at least 4 members (excludes halogenated alkanes) is 2. The summed E-state index contributed by atoms with van der Waals surface area (Å²) in [6, 6.07) is 2.95. The highest BCUT2D eigenvalue weighted by atomic mass is 15.2. The summed E-state index contributed by atoms with van der Waals surface area (Å²) < 4.78 is 0. The standard InChI is InChI=1S/C15H29N3/c1-14(2)12-17-13-15-8-4-7-11-18(15)10-6-3-5-9-16/h14-15,17H,3-8,10-13H2,1-2H3. The van der Waals surface area contributed by atoms with Crippen LogP contribution < -0.4 is 5.32 Å². The van der Waals surface area contributed by atoms with Crippen molar-refractivity contribution in [3.8, 4) is 6.07 Å². The molecule has 1 saturated heterocycles. The molecule has 1 atom stereocenters. The number of nitriles is 1. The molecule has 1 heterocycles. The zero-order valence-corrected chi connectivity index (χ0v) is 12.1. The molecular weight excluding hydrogens is 222 g/mol. The second-order valence-corrected chi connectivity index (χ2v) is 5.85. The topological polar surface area (TPSA) is 39.1 Å². The molecule has 3 nitrogen and oxygen atoms in total. The summed E-state index contributed by atoms with van der Waals surface area (Å²) in [4.78, 5) is 2.63. The summed E-state index contributed by atoms with van der Waals surface area (Å²) in [5.41, 5.74) is 0. The van der Waals surface area contributed by atoms with E-state index in [1.165, 1.54) is 38.8 Å². The van der Waals surface area contributed by atoms with Gasteiger partial charge in [0.05, 0.1) is 6.07 Å². The van der Waals surface area contributed by atoms with Crippen molar-refractivity contribution in [2.24, 2.45) is 5.92 Å². The third kappa shape index (κ3) is 6.37. The lowest BCUT2D eigenvalue weighted by atomic mass is 10.0. The Kier molecular flexibility index (Phi) is 8.04. The minimum absolute atomic E-state index is 0.712. The van der Waals surface area contributed by atoms with E-state index in [1.807, 2.05) is 0 Å². The molecule has 1 unspecified atom stereocenters. The van der Waals surface area contributed by atoms with E-state index in [4.69, 9.17) is 5.26 Å². The van der Waals surface area contributed by atoms with Crippen molar-refractivity contribution < 1.29 is 0 Å². The summed E-state index contributed by atoms with van der Waals surface area (Å²) in [5, 5.41) is 12.1. The molecule has 1 aliphatic heterocycles. The van der Waals surface area contributed by atoms with Gasteiger partial charge in [0, 0.05) is 19.0 Å². The zero-order valence-electron chi connectivity index (χ0n) is 12.1. The van der Waals surface area contributed by atoms with Gasteiger partial charge in [-0.15, -0.1) is 0 Å². The Labute approximate surface area is 113 Å². The van der Waals surface area contributed by atoms with Crippen LogP contribution in [0.4, 0.5) is 0 Å². The van der Waals surface area contributed by atoms with Crippen LogP contribution in [0.3, 0.4) is 0 Å². The fraction of sp³-hybridized carbons (Fsp3) is 0.933. The summed E-state index contributed by atoms with van der Waals surface area (Å²) in [5.74, 6) is 0.734. The summed E-state index contributed by atoms with van der Waals surface area (Å²) >= 11 is 0. The molecule has 0 aromatic rings. The lowest BCUT2D eigenvalue weighted by Crippen LogP contribution is -2.46. The number of likely N-dealkylation sites (tertiary alicyclic amines) is 1. The summed E-state index contributed by atoms with van der Waals surface area (Å²) in [7, 11) is 0. The van der Waals surface area contributed by atoms with Gasteiger partial charge in [0.1, 0.15) is 0 Å². The lowest BCUT2D eigenvalue weighted by Gasteiger charge is -2.36. The van der Waals surface area contributed by atoms with Crippen LogP contribution in [0.2, 0.25) is 0 Å². The molecule has 0 aromatic carbocycles. The van der Waals surface area contributed by atoms with Crippen molar-refractivity contribution in [3.05, 3.63) is 0 Å². The number of piperidine rings is 1. The minimum atomic E-state index is 0.712. The van der Waals surface area contributed by atoms with E-state index < -0.39 is 0 Å². The Hall–Kier alpha value is -0.590. The maximum atomic E-state index is 8.55. The van der Waals surface area contributed by atoms with E-state index in [0.717, 1.165) is 31.5 Å². The molecule has 1 fully saturated rings. The summed E-state index contributed by atoms with van der Waals surface area (Å²) in [6.07, 6.45) is 7.00. The Bertz CT molecular complexity index is 245. The molecule has 0 saturated carbocycles. The molecule has 0 amide bonds. The van der Waals surface area contributed by atoms with Crippen molar-refractivity contribution in [2.75, 3.05) is 26.2 Å². The number of hydrogen-bond acceptors (Lipinski definition) is 3. The number of nitrogens with zero attached hydrogens (tertiary/aromatic N) is 2. The fourth-order valence-electron chi connectivity index (χ4n) is 2.64. The first kappa shape index (κ1) is 15.5. The molecule has 0 aliphatic carbocycles. The number of hydrogen-bond donors (Lipinski definition) is 1. The van der Waals surface area contributed by atoms with Gasteiger partial charge < -0.3 is 5.32 Å². The van der Waals surface area contributed by atoms with Gasteiger partial charge in [-0.3, -0.25) is 4.90 Å². The van der Waals surface area contributed by atoms with Crippen molar-refractivity contribution in [1.82, 2.24) is 10.2 Å². The van der Waals surface area contributed by atoms with Crippen molar-refractivity contribution in [1.29, 1.82) is 5.26 Å². The van der Waals surface area contributed by atoms with Crippen LogP contribution in [0.1, 0.15) is 52.4 Å². The van der Waals surface area contributed by atoms with Crippen LogP contribution in [-0.2, 0) is 0 Å². The van der Waals surface area contributed by atoms with Crippen LogP contribution in [0.25, 0.3) is 0 Å². The van der Waals surface area contributed by atoms with Gasteiger partial charge in [-0.25, -0.2) is 0 Å². The lowest BCUT2D eigenvalue weighted by molar-refractivity contribution is 0.142. The molecule has 18 heavy (non-hydrogen) atoms. The van der Waals surface area contributed by atoms with Gasteiger partial charge in [-0.1, -0.05) is 20.3 Å². The van der Waals surface area contributed by atoms with Crippen LogP contribution in [0.5, 0.6) is 0 Å². The molecule has 0 bridgehead atoms. The molecule has 104 valence electrons. The molecule has 0 aromatic heterocycles. The van der Waals surface area contributed by atoms with Gasteiger partial charge in [0.25, 0.3) is 0 Å². The average Bonchev–Trinajstić information content (AvgIpc) is 2.36. The van der Waals surface area contributed by atoms with Gasteiger partial charge in [-0.05, 0) is 51.2 Å². The van der Waals surface area contributed by atoms with E-state index in [-0.39, 0.29) is 0 Å². The van der Waals surface area contributed by atoms with Gasteiger partial charge in [0.15, 0.2) is 0 Å². The van der Waals surface area contributed by atoms with E-state index in [0.29, 0.717) is 6.42 Å². The maximum absolute atomic E-state index is 8.55. The van der Waals surface area contributed by atoms with Gasteiger partial charge in [-0.2, -0.15) is 5.26 Å². The van der Waals surface area contributed by atoms with Crippen molar-refractivity contribution in [2.45, 2.75) is 58.4 Å². The molecule has 3 heteroatoms. The summed E-state index contributed by atoms with van der Waals surface area (Å²) in [6.45, 7) is 9.20. The third-order valence-electron chi connectivity index (χ3n) is 3.67. The van der Waals surface area contributed by atoms with E-state index in [1.54, 1.807) is 0 Å². The second kappa shape index (κ2) is 9.35. The Balaban J connectivity index is 2.21. The fourth-order valence-corrected chi connectivity index (χ4v) is 2.64. The predicted molar refractivity (Wildman–Crippen MR) is 76.4 cm³/mol. The Morgan fingerprint density at radius 3 is 2.89 bits per heavy atom. The Morgan fingerprint density at radius 1 is 1.33 bits per heavy atom. The number of rotatable bonds is 8. The Morgan fingerprint density at radius 2 is 2.17 bits per heavy atom. The average molecular weight is 251 g/mol. The molecule has 1 N–H and O–H groups in total. The van der Waals surface area contributed by atoms with Crippen molar-refractivity contribution in [3.63, 3.8) is 0 Å². The first-order chi connectivity index (χ1) is 8.74. The highest BCUT2D eigenvalue weighted by Gasteiger charge is 2.21. The second-order valence-electron chi connectivity index (χ2n) is 5.85. The van der Waals surface area contributed by atoms with E-state index >= 15 is 0 Å². The molecule has 0 spiro atoms. The highest BCUT2D eigenvalue weighted by Crippen LogP contribution is 2.17. The van der Waals surface area contributed by atoms with Crippen LogP contribution in [-0.4, -0.2) is 37.1 Å². The highest BCUT2D eigenvalue weighted by molar-refractivity contribution is 4.79. The van der Waals surface area contributed by atoms with Crippen molar-refractivity contribution >= 4 is 0 Å². The first-order valence-corrected chi connectivity index (χ1v) is 7.55. The van der Waals surface area contributed by atoms with Crippen LogP contribution >= 0.6 is 0 Å². The SMILES string of the molecule is CC(C)CNCC1CCCCN1CCCCC#N. The van der Waals surface area contributed by atoms with Crippen LogP contribution in [0.15, 0.2) is 0 Å².